The van der Waals surface area contributed by atoms with E-state index in [1.54, 1.807) is 0 Å². The zero-order valence-corrected chi connectivity index (χ0v) is 8.01. The van der Waals surface area contributed by atoms with E-state index in [1.165, 1.54) is 6.42 Å². The SMILES string of the molecule is C=CC[N+](C)(C)C1C=CC1.[Cl-]. The number of hydrogen-bond donors (Lipinski definition) is 0. The van der Waals surface area contributed by atoms with Gasteiger partial charge in [0.2, 0.25) is 0 Å². The fraction of sp³-hybridized carbons (Fsp3) is 0.556. The molecule has 1 unspecified atom stereocenters. The number of halogens is 1. The van der Waals surface area contributed by atoms with E-state index >= 15 is 0 Å². The van der Waals surface area contributed by atoms with Crippen LogP contribution in [0, 0.1) is 0 Å². The lowest BCUT2D eigenvalue weighted by atomic mass is 10.0. The van der Waals surface area contributed by atoms with Crippen LogP contribution >= 0.6 is 0 Å². The van der Waals surface area contributed by atoms with Crippen LogP contribution in [0.2, 0.25) is 0 Å². The van der Waals surface area contributed by atoms with Crippen molar-refractivity contribution in [1.29, 1.82) is 0 Å². The van der Waals surface area contributed by atoms with Crippen LogP contribution < -0.4 is 12.4 Å². The van der Waals surface area contributed by atoms with Crippen molar-refractivity contribution in [3.63, 3.8) is 0 Å². The fourth-order valence-corrected chi connectivity index (χ4v) is 1.24. The first-order chi connectivity index (χ1) is 4.67. The van der Waals surface area contributed by atoms with Crippen LogP contribution in [0.1, 0.15) is 6.42 Å². The smallest absolute Gasteiger partial charge is 0.111 e. The predicted molar refractivity (Wildman–Crippen MR) is 44.7 cm³/mol. The second kappa shape index (κ2) is 3.93. The molecule has 0 aliphatic heterocycles. The topological polar surface area (TPSA) is 0 Å². The Balaban J connectivity index is 0.000001000. The summed E-state index contributed by atoms with van der Waals surface area (Å²) in [7, 11) is 4.49. The molecule has 1 rings (SSSR count). The molecule has 0 amide bonds. The van der Waals surface area contributed by atoms with Crippen LogP contribution in [-0.4, -0.2) is 31.2 Å². The lowest BCUT2D eigenvalue weighted by Crippen LogP contribution is -3.00. The predicted octanol–water partition coefficient (Wildman–Crippen LogP) is -1.42. The van der Waals surface area contributed by atoms with Gasteiger partial charge in [-0.05, 0) is 12.2 Å². The Morgan fingerprint density at radius 3 is 2.45 bits per heavy atom. The summed E-state index contributed by atoms with van der Waals surface area (Å²) in [6.07, 6.45) is 7.74. The Morgan fingerprint density at radius 1 is 1.64 bits per heavy atom. The summed E-state index contributed by atoms with van der Waals surface area (Å²) in [4.78, 5) is 0. The zero-order valence-electron chi connectivity index (χ0n) is 7.26. The summed E-state index contributed by atoms with van der Waals surface area (Å²) in [5.74, 6) is 0. The van der Waals surface area contributed by atoms with E-state index in [0.29, 0.717) is 0 Å². The Hall–Kier alpha value is -0.270. The summed E-state index contributed by atoms with van der Waals surface area (Å²) in [6, 6.07) is 0.734. The van der Waals surface area contributed by atoms with Gasteiger partial charge in [-0.1, -0.05) is 12.7 Å². The highest BCUT2D eigenvalue weighted by Crippen LogP contribution is 2.19. The first-order valence-electron chi connectivity index (χ1n) is 3.77. The van der Waals surface area contributed by atoms with Crippen LogP contribution in [0.5, 0.6) is 0 Å². The molecule has 64 valence electrons. The molecule has 1 atom stereocenters. The molecule has 1 aliphatic carbocycles. The van der Waals surface area contributed by atoms with Crippen molar-refractivity contribution in [3.05, 3.63) is 24.8 Å². The normalized spacial score (nSPS) is 21.8. The van der Waals surface area contributed by atoms with E-state index in [4.69, 9.17) is 0 Å². The first-order valence-corrected chi connectivity index (χ1v) is 3.77. The van der Waals surface area contributed by atoms with Crippen molar-refractivity contribution in [2.75, 3.05) is 20.6 Å². The molecular weight excluding hydrogens is 158 g/mol. The van der Waals surface area contributed by atoms with Crippen LogP contribution in [0.3, 0.4) is 0 Å². The monoisotopic (exact) mass is 173 g/mol. The molecule has 0 radical (unpaired) electrons. The third-order valence-electron chi connectivity index (χ3n) is 2.23. The van der Waals surface area contributed by atoms with E-state index in [9.17, 15) is 0 Å². The van der Waals surface area contributed by atoms with E-state index in [2.05, 4.69) is 32.8 Å². The third-order valence-corrected chi connectivity index (χ3v) is 2.23. The van der Waals surface area contributed by atoms with Gasteiger partial charge in [-0.25, -0.2) is 0 Å². The average molecular weight is 174 g/mol. The van der Waals surface area contributed by atoms with Crippen LogP contribution in [0.15, 0.2) is 24.8 Å². The molecule has 0 bridgehead atoms. The molecule has 1 nitrogen and oxygen atoms in total. The van der Waals surface area contributed by atoms with Crippen molar-refractivity contribution in [2.24, 2.45) is 0 Å². The van der Waals surface area contributed by atoms with Crippen molar-refractivity contribution < 1.29 is 16.9 Å². The minimum absolute atomic E-state index is 0. The first kappa shape index (κ1) is 10.7. The Morgan fingerprint density at radius 2 is 2.18 bits per heavy atom. The maximum Gasteiger partial charge on any atom is 0.111 e. The van der Waals surface area contributed by atoms with Crippen LogP contribution in [0.4, 0.5) is 0 Å². The zero-order chi connectivity index (χ0) is 7.61. The maximum atomic E-state index is 3.75. The molecular formula is C9H16ClN. The molecule has 0 saturated heterocycles. The van der Waals surface area contributed by atoms with Gasteiger partial charge in [-0.3, -0.25) is 0 Å². The van der Waals surface area contributed by atoms with Gasteiger partial charge in [-0.2, -0.15) is 0 Å². The highest BCUT2D eigenvalue weighted by atomic mass is 35.5. The molecule has 0 N–H and O–H groups in total. The molecule has 0 aromatic carbocycles. The molecule has 0 saturated carbocycles. The quantitative estimate of drug-likeness (QED) is 0.363. The summed E-state index contributed by atoms with van der Waals surface area (Å²) >= 11 is 0. The number of rotatable bonds is 3. The molecule has 0 aromatic heterocycles. The van der Waals surface area contributed by atoms with Crippen LogP contribution in [0.25, 0.3) is 0 Å². The highest BCUT2D eigenvalue weighted by Gasteiger charge is 2.27. The summed E-state index contributed by atoms with van der Waals surface area (Å²) in [5.41, 5.74) is 0. The van der Waals surface area contributed by atoms with Gasteiger partial charge in [0, 0.05) is 6.42 Å². The maximum absolute atomic E-state index is 3.75. The lowest BCUT2D eigenvalue weighted by molar-refractivity contribution is -0.904. The van der Waals surface area contributed by atoms with Gasteiger partial charge in [0.15, 0.2) is 0 Å². The number of quaternary nitrogens is 1. The van der Waals surface area contributed by atoms with Gasteiger partial charge < -0.3 is 16.9 Å². The lowest BCUT2D eigenvalue weighted by Gasteiger charge is -2.38. The minimum Gasteiger partial charge on any atom is -1.00 e. The molecule has 1 aliphatic rings. The van der Waals surface area contributed by atoms with Crippen molar-refractivity contribution in [3.8, 4) is 0 Å². The van der Waals surface area contributed by atoms with Crippen molar-refractivity contribution in [2.45, 2.75) is 12.5 Å². The van der Waals surface area contributed by atoms with Gasteiger partial charge in [0.1, 0.15) is 6.04 Å². The van der Waals surface area contributed by atoms with E-state index in [1.807, 2.05) is 6.08 Å². The molecule has 0 aromatic rings. The van der Waals surface area contributed by atoms with E-state index in [0.717, 1.165) is 17.1 Å². The van der Waals surface area contributed by atoms with Crippen molar-refractivity contribution in [1.82, 2.24) is 0 Å². The summed E-state index contributed by atoms with van der Waals surface area (Å²) in [6.45, 7) is 4.81. The van der Waals surface area contributed by atoms with E-state index in [-0.39, 0.29) is 12.4 Å². The van der Waals surface area contributed by atoms with Gasteiger partial charge in [0.25, 0.3) is 0 Å². The number of likely N-dealkylation sites (N-methyl/N-ethyl adjacent to an activating group) is 1. The standard InChI is InChI=1S/C9H16N.ClH/c1-4-8-10(2,3)9-6-5-7-9;/h4-6,9H,1,7-8H2,2-3H3;1H/q+1;/p-1. The Kier molecular flexibility index (Phi) is 3.84. The van der Waals surface area contributed by atoms with Crippen LogP contribution in [-0.2, 0) is 0 Å². The van der Waals surface area contributed by atoms with Gasteiger partial charge in [-0.15, -0.1) is 0 Å². The Labute approximate surface area is 75.4 Å². The minimum atomic E-state index is 0. The second-order valence-corrected chi connectivity index (χ2v) is 3.48. The number of hydrogen-bond acceptors (Lipinski definition) is 0. The van der Waals surface area contributed by atoms with E-state index < -0.39 is 0 Å². The molecule has 0 heterocycles. The fourth-order valence-electron chi connectivity index (χ4n) is 1.24. The second-order valence-electron chi connectivity index (χ2n) is 3.48. The largest absolute Gasteiger partial charge is 1.00 e. The van der Waals surface area contributed by atoms with Gasteiger partial charge >= 0.3 is 0 Å². The molecule has 0 fully saturated rings. The third kappa shape index (κ3) is 2.35. The average Bonchev–Trinajstić information content (AvgIpc) is 1.56. The molecule has 2 heteroatoms. The summed E-state index contributed by atoms with van der Waals surface area (Å²) < 4.78 is 1.06. The number of nitrogens with zero attached hydrogens (tertiary/aromatic N) is 1. The molecule has 11 heavy (non-hydrogen) atoms. The Bertz CT molecular complexity index is 161. The molecule has 0 spiro atoms. The highest BCUT2D eigenvalue weighted by molar-refractivity contribution is 5.03. The summed E-state index contributed by atoms with van der Waals surface area (Å²) in [5, 5.41) is 0. The van der Waals surface area contributed by atoms with Gasteiger partial charge in [0.05, 0.1) is 20.6 Å². The van der Waals surface area contributed by atoms with Crippen molar-refractivity contribution >= 4 is 0 Å².